The minimum absolute atomic E-state index is 0.244. The Morgan fingerprint density at radius 1 is 1.12 bits per heavy atom. The number of alkyl halides is 3. The van der Waals surface area contributed by atoms with Gasteiger partial charge >= 0.3 is 6.18 Å². The van der Waals surface area contributed by atoms with Gasteiger partial charge in [0.1, 0.15) is 22.8 Å². The standard InChI is InChI=1S/C25H33F3N4OS/c1-17(33)10-18-2-4-19(5-3-18)13-31-8-6-24(14-31)7-9-32(15-24)22-21-11-20(12-25(26,27)28)34-23(21)30-16-29-22/h11,16,18-19H,2-10,12-15H2,1H3. The molecule has 5 nitrogen and oxygen atoms in total. The van der Waals surface area contributed by atoms with Crippen LogP contribution in [0, 0.1) is 17.3 Å². The maximum Gasteiger partial charge on any atom is 0.393 e. The number of rotatable bonds is 6. The fourth-order valence-electron chi connectivity index (χ4n) is 6.45. The quantitative estimate of drug-likeness (QED) is 0.532. The number of carbonyl (C=O) groups is 1. The molecule has 1 spiro atoms. The number of thiophene rings is 1. The third-order valence-corrected chi connectivity index (χ3v) is 9.09. The number of fused-ring (bicyclic) bond motifs is 1. The van der Waals surface area contributed by atoms with E-state index in [1.54, 1.807) is 13.0 Å². The second-order valence-electron chi connectivity index (χ2n) is 10.9. The maximum absolute atomic E-state index is 12.9. The predicted octanol–water partition coefficient (Wildman–Crippen LogP) is 5.48. The van der Waals surface area contributed by atoms with Crippen LogP contribution < -0.4 is 4.90 Å². The van der Waals surface area contributed by atoms with Gasteiger partial charge in [-0.05, 0) is 69.9 Å². The first-order chi connectivity index (χ1) is 16.2. The van der Waals surface area contributed by atoms with Gasteiger partial charge in [0.15, 0.2) is 0 Å². The van der Waals surface area contributed by atoms with Crippen LogP contribution in [0.4, 0.5) is 19.0 Å². The van der Waals surface area contributed by atoms with E-state index in [0.717, 1.165) is 74.0 Å². The summed E-state index contributed by atoms with van der Waals surface area (Å²) in [6, 6.07) is 1.64. The van der Waals surface area contributed by atoms with Crippen molar-refractivity contribution in [1.29, 1.82) is 0 Å². The van der Waals surface area contributed by atoms with Gasteiger partial charge in [0.2, 0.25) is 0 Å². The van der Waals surface area contributed by atoms with Crippen molar-refractivity contribution in [3.05, 3.63) is 17.3 Å². The van der Waals surface area contributed by atoms with Gasteiger partial charge in [0, 0.05) is 42.9 Å². The molecule has 5 rings (SSSR count). The monoisotopic (exact) mass is 494 g/mol. The number of halogens is 3. The van der Waals surface area contributed by atoms with Crippen LogP contribution in [0.5, 0.6) is 0 Å². The lowest BCUT2D eigenvalue weighted by Crippen LogP contribution is -2.34. The number of anilines is 1. The van der Waals surface area contributed by atoms with Crippen LogP contribution >= 0.6 is 11.3 Å². The van der Waals surface area contributed by atoms with Crippen LogP contribution in [-0.2, 0) is 11.2 Å². The molecule has 4 heterocycles. The molecule has 0 radical (unpaired) electrons. The predicted molar refractivity (Wildman–Crippen MR) is 128 cm³/mol. The molecule has 0 aromatic carbocycles. The van der Waals surface area contributed by atoms with Crippen molar-refractivity contribution in [2.45, 2.75) is 64.5 Å². The summed E-state index contributed by atoms with van der Waals surface area (Å²) in [7, 11) is 0. The number of likely N-dealkylation sites (tertiary alicyclic amines) is 1. The summed E-state index contributed by atoms with van der Waals surface area (Å²) in [4.78, 5) is 26.0. The van der Waals surface area contributed by atoms with Gasteiger partial charge in [-0.1, -0.05) is 0 Å². The van der Waals surface area contributed by atoms with Crippen LogP contribution in [0.15, 0.2) is 12.4 Å². The van der Waals surface area contributed by atoms with Crippen molar-refractivity contribution in [3.63, 3.8) is 0 Å². The molecule has 1 unspecified atom stereocenters. The molecule has 2 saturated heterocycles. The zero-order chi connectivity index (χ0) is 23.9. The highest BCUT2D eigenvalue weighted by molar-refractivity contribution is 7.18. The molecule has 2 aliphatic heterocycles. The highest BCUT2D eigenvalue weighted by atomic mass is 32.1. The number of carbonyl (C=O) groups excluding carboxylic acids is 1. The van der Waals surface area contributed by atoms with Crippen molar-refractivity contribution in [2.24, 2.45) is 17.3 Å². The molecule has 0 N–H and O–H groups in total. The summed E-state index contributed by atoms with van der Waals surface area (Å²) in [6.07, 6.45) is 4.17. The summed E-state index contributed by atoms with van der Waals surface area (Å²) in [5, 5.41) is 0.751. The van der Waals surface area contributed by atoms with Crippen molar-refractivity contribution >= 4 is 33.2 Å². The van der Waals surface area contributed by atoms with Crippen molar-refractivity contribution in [3.8, 4) is 0 Å². The van der Waals surface area contributed by atoms with E-state index in [9.17, 15) is 18.0 Å². The van der Waals surface area contributed by atoms with Crippen molar-refractivity contribution in [2.75, 3.05) is 37.6 Å². The molecule has 0 bridgehead atoms. The third-order valence-electron chi connectivity index (χ3n) is 8.05. The summed E-state index contributed by atoms with van der Waals surface area (Å²) >= 11 is 1.12. The van der Waals surface area contributed by atoms with Crippen molar-refractivity contribution < 1.29 is 18.0 Å². The van der Waals surface area contributed by atoms with E-state index in [2.05, 4.69) is 19.8 Å². The van der Waals surface area contributed by atoms with Gasteiger partial charge in [0.25, 0.3) is 0 Å². The highest BCUT2D eigenvalue weighted by Crippen LogP contribution is 2.43. The van der Waals surface area contributed by atoms with Gasteiger partial charge in [0.05, 0.1) is 11.8 Å². The Labute approximate surface area is 202 Å². The number of nitrogens with zero attached hydrogens (tertiary/aromatic N) is 4. The lowest BCUT2D eigenvalue weighted by atomic mass is 9.79. The molecule has 3 fully saturated rings. The molecule has 34 heavy (non-hydrogen) atoms. The molecule has 1 atom stereocenters. The number of aromatic nitrogens is 2. The lowest BCUT2D eigenvalue weighted by Gasteiger charge is -2.32. The summed E-state index contributed by atoms with van der Waals surface area (Å²) in [5.74, 6) is 2.42. The van der Waals surface area contributed by atoms with E-state index >= 15 is 0 Å². The maximum atomic E-state index is 12.9. The molecule has 1 aliphatic carbocycles. The molecule has 3 aliphatic rings. The fraction of sp³-hybridized carbons (Fsp3) is 0.720. The van der Waals surface area contributed by atoms with E-state index in [1.165, 1.54) is 38.4 Å². The molecular formula is C25H33F3N4OS. The lowest BCUT2D eigenvalue weighted by molar-refractivity contribution is -0.126. The number of hydrogen-bond acceptors (Lipinski definition) is 6. The first-order valence-electron chi connectivity index (χ1n) is 12.4. The second kappa shape index (κ2) is 9.37. The molecule has 1 saturated carbocycles. The first-order valence-corrected chi connectivity index (χ1v) is 13.3. The average Bonchev–Trinajstić information content (AvgIpc) is 3.46. The summed E-state index contributed by atoms with van der Waals surface area (Å²) in [5.41, 5.74) is 0.244. The normalized spacial score (nSPS) is 28.4. The fourth-order valence-corrected chi connectivity index (χ4v) is 7.47. The summed E-state index contributed by atoms with van der Waals surface area (Å²) < 4.78 is 38.7. The number of hydrogen-bond donors (Lipinski definition) is 0. The molecule has 2 aromatic heterocycles. The van der Waals surface area contributed by atoms with E-state index < -0.39 is 12.6 Å². The van der Waals surface area contributed by atoms with E-state index in [0.29, 0.717) is 21.4 Å². The molecular weight excluding hydrogens is 461 g/mol. The Balaban J connectivity index is 1.19. The molecule has 2 aromatic rings. The largest absolute Gasteiger partial charge is 0.393 e. The zero-order valence-corrected chi connectivity index (χ0v) is 20.6. The Bertz CT molecular complexity index is 1030. The first kappa shape index (κ1) is 24.0. The van der Waals surface area contributed by atoms with Crippen molar-refractivity contribution in [1.82, 2.24) is 14.9 Å². The van der Waals surface area contributed by atoms with Gasteiger partial charge in [-0.3, -0.25) is 0 Å². The zero-order valence-electron chi connectivity index (χ0n) is 19.7. The van der Waals surface area contributed by atoms with Crippen LogP contribution in [0.2, 0.25) is 0 Å². The van der Waals surface area contributed by atoms with Crippen LogP contribution in [0.1, 0.15) is 56.7 Å². The van der Waals surface area contributed by atoms with Crippen LogP contribution in [0.25, 0.3) is 10.2 Å². The van der Waals surface area contributed by atoms with Crippen LogP contribution in [-0.4, -0.2) is 59.6 Å². The topological polar surface area (TPSA) is 49.3 Å². The van der Waals surface area contributed by atoms with Gasteiger partial charge in [-0.25, -0.2) is 9.97 Å². The Kier molecular flexibility index (Phi) is 6.61. The van der Waals surface area contributed by atoms with Gasteiger partial charge < -0.3 is 14.6 Å². The summed E-state index contributed by atoms with van der Waals surface area (Å²) in [6.45, 7) is 6.86. The minimum atomic E-state index is -4.22. The average molecular weight is 495 g/mol. The van der Waals surface area contributed by atoms with Crippen LogP contribution in [0.3, 0.4) is 0 Å². The minimum Gasteiger partial charge on any atom is -0.355 e. The molecule has 0 amide bonds. The Morgan fingerprint density at radius 2 is 1.85 bits per heavy atom. The Hall–Kier alpha value is -1.74. The van der Waals surface area contributed by atoms with Gasteiger partial charge in [-0.15, -0.1) is 11.3 Å². The van der Waals surface area contributed by atoms with E-state index in [1.807, 2.05) is 0 Å². The molecule has 9 heteroatoms. The van der Waals surface area contributed by atoms with Gasteiger partial charge in [-0.2, -0.15) is 13.2 Å². The molecule has 186 valence electrons. The Morgan fingerprint density at radius 3 is 2.59 bits per heavy atom. The SMILES string of the molecule is CC(=O)CC1CCC(CN2CCC3(CCN(c4ncnc5sc(CC(F)(F)F)cc45)C3)C2)CC1. The van der Waals surface area contributed by atoms with E-state index in [-0.39, 0.29) is 5.41 Å². The smallest absolute Gasteiger partial charge is 0.355 e. The number of Topliss-reactive ketones (excluding diaryl/α,β-unsaturated/α-hetero) is 1. The number of ketones is 1. The third kappa shape index (κ3) is 5.40. The van der Waals surface area contributed by atoms with E-state index in [4.69, 9.17) is 0 Å². The highest BCUT2D eigenvalue weighted by Gasteiger charge is 2.44. The second-order valence-corrected chi connectivity index (χ2v) is 12.0.